The zero-order chi connectivity index (χ0) is 11.4. The number of nitrogens with zero attached hydrogens (tertiary/aromatic N) is 3. The van der Waals surface area contributed by atoms with Crippen LogP contribution in [0.5, 0.6) is 0 Å². The summed E-state index contributed by atoms with van der Waals surface area (Å²) in [5.41, 5.74) is 0. The van der Waals surface area contributed by atoms with Crippen molar-refractivity contribution in [2.45, 2.75) is 6.54 Å². The normalized spacial score (nSPS) is 9.93. The van der Waals surface area contributed by atoms with Gasteiger partial charge in [0.15, 0.2) is 5.96 Å². The Balaban J connectivity index is 2.69. The number of halogens is 1. The average Bonchev–Trinajstić information content (AvgIpc) is 2.50. The van der Waals surface area contributed by atoms with E-state index in [0.29, 0.717) is 0 Å². The SMILES string of the molecule is CN(C)C(=NCc1ccc(Br)s1)N(C)C. The zero-order valence-electron chi connectivity index (χ0n) is 9.49. The van der Waals surface area contributed by atoms with Gasteiger partial charge in [0.2, 0.25) is 0 Å². The Morgan fingerprint density at radius 1 is 1.27 bits per heavy atom. The molecule has 3 nitrogen and oxygen atoms in total. The first-order chi connectivity index (χ1) is 7.00. The lowest BCUT2D eigenvalue weighted by Crippen LogP contribution is -2.35. The van der Waals surface area contributed by atoms with Gasteiger partial charge in [-0.15, -0.1) is 11.3 Å². The number of aliphatic imine (C=N–C) groups is 1. The van der Waals surface area contributed by atoms with Crippen molar-refractivity contribution in [2.24, 2.45) is 4.99 Å². The van der Waals surface area contributed by atoms with E-state index in [1.54, 1.807) is 11.3 Å². The highest BCUT2D eigenvalue weighted by Crippen LogP contribution is 2.22. The summed E-state index contributed by atoms with van der Waals surface area (Å²) in [5, 5.41) is 0. The first-order valence-corrected chi connectivity index (χ1v) is 6.25. The number of guanidine groups is 1. The highest BCUT2D eigenvalue weighted by Gasteiger charge is 2.04. The molecule has 0 fully saturated rings. The molecule has 1 heterocycles. The Hall–Kier alpha value is -0.550. The van der Waals surface area contributed by atoms with Crippen LogP contribution < -0.4 is 0 Å². The summed E-state index contributed by atoms with van der Waals surface area (Å²) in [6, 6.07) is 4.15. The van der Waals surface area contributed by atoms with Crippen LogP contribution in [0.15, 0.2) is 20.9 Å². The molecule has 0 unspecified atom stereocenters. The smallest absolute Gasteiger partial charge is 0.195 e. The monoisotopic (exact) mass is 289 g/mol. The highest BCUT2D eigenvalue weighted by molar-refractivity contribution is 9.11. The van der Waals surface area contributed by atoms with Gasteiger partial charge in [-0.25, -0.2) is 4.99 Å². The largest absolute Gasteiger partial charge is 0.349 e. The predicted octanol–water partition coefficient (Wildman–Crippen LogP) is 2.49. The van der Waals surface area contributed by atoms with Gasteiger partial charge in [0.1, 0.15) is 0 Å². The van der Waals surface area contributed by atoms with Crippen molar-refractivity contribution < 1.29 is 0 Å². The molecule has 0 spiro atoms. The first-order valence-electron chi connectivity index (χ1n) is 4.64. The molecule has 0 aliphatic rings. The van der Waals surface area contributed by atoms with E-state index in [4.69, 9.17) is 0 Å². The molecule has 0 N–H and O–H groups in total. The average molecular weight is 290 g/mol. The van der Waals surface area contributed by atoms with Crippen LogP contribution in [0.3, 0.4) is 0 Å². The fourth-order valence-electron chi connectivity index (χ4n) is 1.27. The van der Waals surface area contributed by atoms with Gasteiger partial charge >= 0.3 is 0 Å². The van der Waals surface area contributed by atoms with Gasteiger partial charge in [-0.2, -0.15) is 0 Å². The molecule has 1 aromatic rings. The molecule has 0 radical (unpaired) electrons. The third kappa shape index (κ3) is 3.83. The van der Waals surface area contributed by atoms with Crippen LogP contribution in [0.4, 0.5) is 0 Å². The number of hydrogen-bond acceptors (Lipinski definition) is 2. The lowest BCUT2D eigenvalue weighted by Gasteiger charge is -2.22. The molecular formula is C10H16BrN3S. The van der Waals surface area contributed by atoms with Crippen molar-refractivity contribution in [3.05, 3.63) is 20.8 Å². The number of rotatable bonds is 2. The van der Waals surface area contributed by atoms with E-state index in [9.17, 15) is 0 Å². The lowest BCUT2D eigenvalue weighted by atomic mass is 10.5. The van der Waals surface area contributed by atoms with Crippen molar-refractivity contribution in [3.63, 3.8) is 0 Å². The van der Waals surface area contributed by atoms with Crippen LogP contribution in [0.1, 0.15) is 4.88 Å². The molecule has 0 amide bonds. The molecule has 5 heteroatoms. The third-order valence-corrected chi connectivity index (χ3v) is 3.41. The summed E-state index contributed by atoms with van der Waals surface area (Å²) in [4.78, 5) is 9.86. The maximum atomic E-state index is 4.56. The maximum absolute atomic E-state index is 4.56. The molecule has 1 aromatic heterocycles. The van der Waals surface area contributed by atoms with E-state index in [2.05, 4.69) is 33.1 Å². The number of hydrogen-bond donors (Lipinski definition) is 0. The third-order valence-electron chi connectivity index (χ3n) is 1.81. The van der Waals surface area contributed by atoms with E-state index in [0.717, 1.165) is 16.3 Å². The second kappa shape index (κ2) is 5.51. The molecule has 84 valence electrons. The van der Waals surface area contributed by atoms with Gasteiger partial charge in [-0.1, -0.05) is 0 Å². The van der Waals surface area contributed by atoms with Crippen molar-refractivity contribution in [2.75, 3.05) is 28.2 Å². The molecule has 1 rings (SSSR count). The Morgan fingerprint density at radius 2 is 1.87 bits per heavy atom. The fraction of sp³-hybridized carbons (Fsp3) is 0.500. The lowest BCUT2D eigenvalue weighted by molar-refractivity contribution is 0.479. The first kappa shape index (κ1) is 12.5. The van der Waals surface area contributed by atoms with E-state index in [-0.39, 0.29) is 0 Å². The highest BCUT2D eigenvalue weighted by atomic mass is 79.9. The molecule has 15 heavy (non-hydrogen) atoms. The van der Waals surface area contributed by atoms with Crippen molar-refractivity contribution in [1.82, 2.24) is 9.80 Å². The summed E-state index contributed by atoms with van der Waals surface area (Å²) in [5.74, 6) is 0.986. The van der Waals surface area contributed by atoms with Crippen molar-refractivity contribution in [3.8, 4) is 0 Å². The maximum Gasteiger partial charge on any atom is 0.195 e. The summed E-state index contributed by atoms with van der Waals surface area (Å²) < 4.78 is 1.16. The van der Waals surface area contributed by atoms with E-state index >= 15 is 0 Å². The zero-order valence-corrected chi connectivity index (χ0v) is 11.9. The Labute approximate surface area is 104 Å². The van der Waals surface area contributed by atoms with Crippen molar-refractivity contribution >= 4 is 33.2 Å². The van der Waals surface area contributed by atoms with Gasteiger partial charge in [-0.3, -0.25) is 0 Å². The Bertz CT molecular complexity index is 334. The standard InChI is InChI=1S/C10H16BrN3S/c1-13(2)10(14(3)4)12-7-8-5-6-9(11)15-8/h5-6H,7H2,1-4H3. The summed E-state index contributed by atoms with van der Waals surface area (Å²) in [6.07, 6.45) is 0. The van der Waals surface area contributed by atoms with Gasteiger partial charge in [-0.05, 0) is 28.1 Å². The topological polar surface area (TPSA) is 18.8 Å². The van der Waals surface area contributed by atoms with E-state index in [1.165, 1.54) is 4.88 Å². The molecule has 0 atom stereocenters. The molecule has 0 saturated carbocycles. The summed E-state index contributed by atoms with van der Waals surface area (Å²) >= 11 is 5.17. The minimum Gasteiger partial charge on any atom is -0.349 e. The number of thiophene rings is 1. The summed E-state index contributed by atoms with van der Waals surface area (Å²) in [6.45, 7) is 0.738. The van der Waals surface area contributed by atoms with Gasteiger partial charge in [0.25, 0.3) is 0 Å². The summed E-state index contributed by atoms with van der Waals surface area (Å²) in [7, 11) is 8.01. The molecule has 0 saturated heterocycles. The van der Waals surface area contributed by atoms with E-state index < -0.39 is 0 Å². The fourth-order valence-corrected chi connectivity index (χ4v) is 2.68. The molecule has 0 bridgehead atoms. The van der Waals surface area contributed by atoms with Gasteiger partial charge in [0.05, 0.1) is 10.3 Å². The predicted molar refractivity (Wildman–Crippen MR) is 70.5 cm³/mol. The van der Waals surface area contributed by atoms with Crippen LogP contribution in [0.2, 0.25) is 0 Å². The van der Waals surface area contributed by atoms with Crippen LogP contribution in [0, 0.1) is 0 Å². The second-order valence-electron chi connectivity index (χ2n) is 3.61. The van der Waals surface area contributed by atoms with Crippen LogP contribution >= 0.6 is 27.3 Å². The molecule has 0 aliphatic heterocycles. The Kier molecular flexibility index (Phi) is 4.60. The van der Waals surface area contributed by atoms with E-state index in [1.807, 2.05) is 38.0 Å². The quantitative estimate of drug-likeness (QED) is 0.615. The van der Waals surface area contributed by atoms with Gasteiger partial charge < -0.3 is 9.80 Å². The minimum absolute atomic E-state index is 0.738. The van der Waals surface area contributed by atoms with Crippen LogP contribution in [-0.4, -0.2) is 44.0 Å². The molecule has 0 aromatic carbocycles. The Morgan fingerprint density at radius 3 is 2.27 bits per heavy atom. The molecule has 0 aliphatic carbocycles. The minimum atomic E-state index is 0.738. The van der Waals surface area contributed by atoms with Gasteiger partial charge in [0, 0.05) is 33.1 Å². The van der Waals surface area contributed by atoms with Crippen LogP contribution in [0.25, 0.3) is 0 Å². The molecular weight excluding hydrogens is 274 g/mol. The van der Waals surface area contributed by atoms with Crippen molar-refractivity contribution in [1.29, 1.82) is 0 Å². The second-order valence-corrected chi connectivity index (χ2v) is 6.16. The van der Waals surface area contributed by atoms with Crippen LogP contribution in [-0.2, 0) is 6.54 Å².